The minimum Gasteiger partial charge on any atom is -0.361 e. The third-order valence-corrected chi connectivity index (χ3v) is 4.89. The maximum atomic E-state index is 12.3. The first-order chi connectivity index (χ1) is 11.6. The van der Waals surface area contributed by atoms with E-state index in [1.807, 2.05) is 38.3 Å². The highest BCUT2D eigenvalue weighted by Crippen LogP contribution is 2.27. The zero-order valence-corrected chi connectivity index (χ0v) is 14.6. The van der Waals surface area contributed by atoms with Crippen LogP contribution in [0.1, 0.15) is 41.5 Å². The summed E-state index contributed by atoms with van der Waals surface area (Å²) in [4.78, 5) is 18.4. The molecule has 1 fully saturated rings. The number of aromatic nitrogens is 3. The molecule has 0 aromatic carbocycles. The van der Waals surface area contributed by atoms with Gasteiger partial charge in [0.2, 0.25) is 0 Å². The van der Waals surface area contributed by atoms with Crippen LogP contribution in [0.5, 0.6) is 0 Å². The SMILES string of the molecule is Cc1noc(C)c1CCNC(=O)N1CCC(c2cncn2C)CC1. The van der Waals surface area contributed by atoms with E-state index in [2.05, 4.69) is 20.0 Å². The molecule has 24 heavy (non-hydrogen) atoms. The largest absolute Gasteiger partial charge is 0.361 e. The number of piperidine rings is 1. The van der Waals surface area contributed by atoms with Crippen LogP contribution < -0.4 is 5.32 Å². The second-order valence-electron chi connectivity index (χ2n) is 6.48. The highest BCUT2D eigenvalue weighted by Gasteiger charge is 2.25. The Morgan fingerprint density at radius 1 is 1.38 bits per heavy atom. The quantitative estimate of drug-likeness (QED) is 0.931. The van der Waals surface area contributed by atoms with Gasteiger partial charge in [-0.15, -0.1) is 0 Å². The van der Waals surface area contributed by atoms with Crippen molar-refractivity contribution in [3.8, 4) is 0 Å². The molecule has 2 aromatic heterocycles. The van der Waals surface area contributed by atoms with Crippen molar-refractivity contribution in [1.82, 2.24) is 24.9 Å². The van der Waals surface area contributed by atoms with Crippen molar-refractivity contribution in [3.05, 3.63) is 35.2 Å². The van der Waals surface area contributed by atoms with Crippen LogP contribution in [0, 0.1) is 13.8 Å². The zero-order chi connectivity index (χ0) is 17.1. The Kier molecular flexibility index (Phi) is 4.87. The van der Waals surface area contributed by atoms with Gasteiger partial charge < -0.3 is 19.3 Å². The summed E-state index contributed by atoms with van der Waals surface area (Å²) in [5.74, 6) is 1.32. The van der Waals surface area contributed by atoms with E-state index in [0.29, 0.717) is 12.5 Å². The van der Waals surface area contributed by atoms with E-state index in [-0.39, 0.29) is 6.03 Å². The van der Waals surface area contributed by atoms with E-state index in [0.717, 1.165) is 49.4 Å². The van der Waals surface area contributed by atoms with Crippen LogP contribution in [0.25, 0.3) is 0 Å². The van der Waals surface area contributed by atoms with Gasteiger partial charge in [-0.1, -0.05) is 5.16 Å². The maximum absolute atomic E-state index is 12.3. The van der Waals surface area contributed by atoms with Gasteiger partial charge in [0.15, 0.2) is 0 Å². The van der Waals surface area contributed by atoms with Gasteiger partial charge in [0.25, 0.3) is 0 Å². The molecule has 3 rings (SSSR count). The Labute approximate surface area is 142 Å². The number of imidazole rings is 1. The molecule has 1 aliphatic rings. The lowest BCUT2D eigenvalue weighted by Crippen LogP contribution is -2.44. The van der Waals surface area contributed by atoms with E-state index in [1.54, 1.807) is 0 Å². The molecule has 0 radical (unpaired) electrons. The molecule has 1 N–H and O–H groups in total. The summed E-state index contributed by atoms with van der Waals surface area (Å²) in [6.45, 7) is 6.00. The molecule has 0 spiro atoms. The van der Waals surface area contributed by atoms with Crippen LogP contribution in [0.3, 0.4) is 0 Å². The fourth-order valence-electron chi connectivity index (χ4n) is 3.40. The Morgan fingerprint density at radius 2 is 2.12 bits per heavy atom. The molecule has 0 unspecified atom stereocenters. The summed E-state index contributed by atoms with van der Waals surface area (Å²) in [6.07, 6.45) is 6.49. The number of amides is 2. The van der Waals surface area contributed by atoms with Crippen LogP contribution in [-0.2, 0) is 13.5 Å². The predicted molar refractivity (Wildman–Crippen MR) is 89.8 cm³/mol. The Morgan fingerprint density at radius 3 is 2.71 bits per heavy atom. The van der Waals surface area contributed by atoms with Gasteiger partial charge in [-0.25, -0.2) is 9.78 Å². The van der Waals surface area contributed by atoms with Crippen molar-refractivity contribution in [1.29, 1.82) is 0 Å². The lowest BCUT2D eigenvalue weighted by atomic mass is 9.94. The Hall–Kier alpha value is -2.31. The highest BCUT2D eigenvalue weighted by molar-refractivity contribution is 5.74. The summed E-state index contributed by atoms with van der Waals surface area (Å²) in [5.41, 5.74) is 3.25. The summed E-state index contributed by atoms with van der Waals surface area (Å²) < 4.78 is 7.22. The van der Waals surface area contributed by atoms with Gasteiger partial charge >= 0.3 is 6.03 Å². The van der Waals surface area contributed by atoms with E-state index >= 15 is 0 Å². The van der Waals surface area contributed by atoms with E-state index in [1.165, 1.54) is 5.69 Å². The Bertz CT molecular complexity index is 678. The summed E-state index contributed by atoms with van der Waals surface area (Å²) in [7, 11) is 2.02. The van der Waals surface area contributed by atoms with E-state index < -0.39 is 0 Å². The fourth-order valence-corrected chi connectivity index (χ4v) is 3.40. The van der Waals surface area contributed by atoms with Crippen LogP contribution in [0.15, 0.2) is 17.0 Å². The van der Waals surface area contributed by atoms with Gasteiger partial charge in [-0.3, -0.25) is 0 Å². The number of carbonyl (C=O) groups is 1. The van der Waals surface area contributed by atoms with Gasteiger partial charge in [-0.2, -0.15) is 0 Å². The normalized spacial score (nSPS) is 15.7. The third kappa shape index (κ3) is 3.44. The molecule has 0 saturated carbocycles. The molecular formula is C17H25N5O2. The molecule has 1 aliphatic heterocycles. The van der Waals surface area contributed by atoms with E-state index in [4.69, 9.17) is 4.52 Å². The second-order valence-corrected chi connectivity index (χ2v) is 6.48. The molecule has 0 atom stereocenters. The average molecular weight is 331 g/mol. The molecule has 2 amide bonds. The monoisotopic (exact) mass is 331 g/mol. The number of likely N-dealkylation sites (tertiary alicyclic amines) is 1. The zero-order valence-electron chi connectivity index (χ0n) is 14.6. The highest BCUT2D eigenvalue weighted by atomic mass is 16.5. The molecule has 0 bridgehead atoms. The van der Waals surface area contributed by atoms with Crippen molar-refractivity contribution in [2.24, 2.45) is 7.05 Å². The van der Waals surface area contributed by atoms with Crippen LogP contribution in [0.2, 0.25) is 0 Å². The van der Waals surface area contributed by atoms with Crippen molar-refractivity contribution in [3.63, 3.8) is 0 Å². The number of carbonyl (C=O) groups excluding carboxylic acids is 1. The van der Waals surface area contributed by atoms with Crippen molar-refractivity contribution < 1.29 is 9.32 Å². The number of nitrogens with zero attached hydrogens (tertiary/aromatic N) is 4. The van der Waals surface area contributed by atoms with Crippen LogP contribution in [-0.4, -0.2) is 45.3 Å². The minimum absolute atomic E-state index is 0.0187. The molecule has 7 nitrogen and oxygen atoms in total. The van der Waals surface area contributed by atoms with Gasteiger partial charge in [0.05, 0.1) is 12.0 Å². The predicted octanol–water partition coefficient (Wildman–Crippen LogP) is 2.16. The first-order valence-corrected chi connectivity index (χ1v) is 8.47. The molecule has 3 heterocycles. The summed E-state index contributed by atoms with van der Waals surface area (Å²) in [6, 6.07) is 0.0187. The third-order valence-electron chi connectivity index (χ3n) is 4.89. The number of rotatable bonds is 4. The van der Waals surface area contributed by atoms with E-state index in [9.17, 15) is 4.79 Å². The first-order valence-electron chi connectivity index (χ1n) is 8.47. The van der Waals surface area contributed by atoms with Crippen LogP contribution >= 0.6 is 0 Å². The summed E-state index contributed by atoms with van der Waals surface area (Å²) >= 11 is 0. The minimum atomic E-state index is 0.0187. The van der Waals surface area contributed by atoms with Crippen molar-refractivity contribution in [2.75, 3.05) is 19.6 Å². The summed E-state index contributed by atoms with van der Waals surface area (Å²) in [5, 5.41) is 6.94. The van der Waals surface area contributed by atoms with Gasteiger partial charge in [-0.05, 0) is 33.1 Å². The Balaban J connectivity index is 1.45. The van der Waals surface area contributed by atoms with Crippen LogP contribution in [0.4, 0.5) is 4.79 Å². The number of aryl methyl sites for hydroxylation is 3. The first kappa shape index (κ1) is 16.5. The number of nitrogens with one attached hydrogen (secondary N) is 1. The number of hydrogen-bond acceptors (Lipinski definition) is 4. The van der Waals surface area contributed by atoms with Gasteiger partial charge in [0.1, 0.15) is 5.76 Å². The molecule has 1 saturated heterocycles. The maximum Gasteiger partial charge on any atom is 0.317 e. The molecule has 7 heteroatoms. The van der Waals surface area contributed by atoms with Gasteiger partial charge in [0, 0.05) is 50.1 Å². The number of hydrogen-bond donors (Lipinski definition) is 1. The second kappa shape index (κ2) is 7.07. The number of urea groups is 1. The van der Waals surface area contributed by atoms with Crippen molar-refractivity contribution >= 4 is 6.03 Å². The molecule has 0 aliphatic carbocycles. The lowest BCUT2D eigenvalue weighted by molar-refractivity contribution is 0.180. The standard InChI is InChI=1S/C17H25N5O2/c1-12-15(13(2)24-20-12)4-7-19-17(23)22-8-5-14(6-9-22)16-10-18-11-21(16)3/h10-11,14H,4-9H2,1-3H3,(H,19,23). The lowest BCUT2D eigenvalue weighted by Gasteiger charge is -2.32. The molecule has 2 aromatic rings. The fraction of sp³-hybridized carbons (Fsp3) is 0.588. The average Bonchev–Trinajstić information content (AvgIpc) is 3.15. The smallest absolute Gasteiger partial charge is 0.317 e. The molecular weight excluding hydrogens is 306 g/mol. The molecule has 130 valence electrons. The van der Waals surface area contributed by atoms with Crippen molar-refractivity contribution in [2.45, 2.75) is 39.0 Å². The topological polar surface area (TPSA) is 76.2 Å².